The summed E-state index contributed by atoms with van der Waals surface area (Å²) in [6, 6.07) is 17.6. The Labute approximate surface area is 183 Å². The van der Waals surface area contributed by atoms with Gasteiger partial charge in [-0.05, 0) is 72.6 Å². The molecule has 0 saturated heterocycles. The fraction of sp³-hybridized carbons (Fsp3) is 0.500. The zero-order valence-electron chi connectivity index (χ0n) is 18.9. The van der Waals surface area contributed by atoms with Crippen LogP contribution in [0.1, 0.15) is 99.8 Å². The van der Waals surface area contributed by atoms with Gasteiger partial charge >= 0.3 is 0 Å². The zero-order chi connectivity index (χ0) is 21.0. The van der Waals surface area contributed by atoms with Crippen molar-refractivity contribution in [2.45, 2.75) is 84.0 Å². The van der Waals surface area contributed by atoms with Crippen LogP contribution < -0.4 is 0 Å². The van der Waals surface area contributed by atoms with Crippen molar-refractivity contribution in [2.24, 2.45) is 16.1 Å². The third-order valence-corrected chi connectivity index (χ3v) is 6.61. The maximum Gasteiger partial charge on any atom is 0.0568 e. The van der Waals surface area contributed by atoms with Crippen molar-refractivity contribution in [3.63, 3.8) is 0 Å². The highest BCUT2D eigenvalue weighted by molar-refractivity contribution is 5.82. The first kappa shape index (κ1) is 22.5. The SMILES string of the molecule is CCCCCCc1ccc(C=NN=Cc2ccc([C@H]3CC[C@H](CC)CC3)cc2)cc1. The number of benzene rings is 2. The number of hydrogen-bond acceptors (Lipinski definition) is 2. The summed E-state index contributed by atoms with van der Waals surface area (Å²) in [7, 11) is 0. The van der Waals surface area contributed by atoms with Gasteiger partial charge in [-0.25, -0.2) is 0 Å². The molecule has 3 rings (SSSR count). The third-order valence-electron chi connectivity index (χ3n) is 6.61. The molecule has 1 fully saturated rings. The molecule has 0 bridgehead atoms. The lowest BCUT2D eigenvalue weighted by atomic mass is 9.78. The smallest absolute Gasteiger partial charge is 0.0568 e. The van der Waals surface area contributed by atoms with Crippen LogP contribution in [0.4, 0.5) is 0 Å². The van der Waals surface area contributed by atoms with Gasteiger partial charge in [0.15, 0.2) is 0 Å². The minimum atomic E-state index is 0.742. The molecule has 30 heavy (non-hydrogen) atoms. The lowest BCUT2D eigenvalue weighted by Crippen LogP contribution is -2.12. The zero-order valence-corrected chi connectivity index (χ0v) is 18.9. The van der Waals surface area contributed by atoms with Crippen LogP contribution >= 0.6 is 0 Å². The Morgan fingerprint density at radius 2 is 1.33 bits per heavy atom. The molecule has 0 aromatic heterocycles. The van der Waals surface area contributed by atoms with E-state index >= 15 is 0 Å². The Hall–Kier alpha value is -2.22. The van der Waals surface area contributed by atoms with Gasteiger partial charge in [-0.1, -0.05) is 88.1 Å². The van der Waals surface area contributed by atoms with Crippen molar-refractivity contribution in [2.75, 3.05) is 0 Å². The van der Waals surface area contributed by atoms with E-state index in [1.54, 1.807) is 0 Å². The van der Waals surface area contributed by atoms with E-state index in [0.29, 0.717) is 0 Å². The van der Waals surface area contributed by atoms with Gasteiger partial charge in [0.05, 0.1) is 12.4 Å². The highest BCUT2D eigenvalue weighted by Gasteiger charge is 2.20. The lowest BCUT2D eigenvalue weighted by molar-refractivity contribution is 0.319. The fourth-order valence-electron chi connectivity index (χ4n) is 4.48. The van der Waals surface area contributed by atoms with Gasteiger partial charge in [0.2, 0.25) is 0 Å². The number of nitrogens with zero attached hydrogens (tertiary/aromatic N) is 2. The molecule has 2 aromatic carbocycles. The van der Waals surface area contributed by atoms with E-state index in [2.05, 4.69) is 72.6 Å². The molecular formula is C28H38N2. The van der Waals surface area contributed by atoms with Gasteiger partial charge in [-0.2, -0.15) is 10.2 Å². The summed E-state index contributed by atoms with van der Waals surface area (Å²) in [6.07, 6.45) is 16.9. The first-order valence-corrected chi connectivity index (χ1v) is 12.0. The molecule has 0 spiro atoms. The minimum Gasteiger partial charge on any atom is -0.159 e. The van der Waals surface area contributed by atoms with Crippen LogP contribution in [0.25, 0.3) is 0 Å². The fourth-order valence-corrected chi connectivity index (χ4v) is 4.48. The maximum absolute atomic E-state index is 4.24. The normalized spacial score (nSPS) is 19.7. The topological polar surface area (TPSA) is 24.7 Å². The molecule has 0 heterocycles. The average molecular weight is 403 g/mol. The van der Waals surface area contributed by atoms with E-state index in [9.17, 15) is 0 Å². The highest BCUT2D eigenvalue weighted by Crippen LogP contribution is 2.36. The van der Waals surface area contributed by atoms with Crippen molar-refractivity contribution < 1.29 is 0 Å². The molecule has 0 N–H and O–H groups in total. The van der Waals surface area contributed by atoms with Crippen molar-refractivity contribution in [1.82, 2.24) is 0 Å². The average Bonchev–Trinajstić information content (AvgIpc) is 2.81. The van der Waals surface area contributed by atoms with E-state index < -0.39 is 0 Å². The van der Waals surface area contributed by atoms with Crippen molar-refractivity contribution in [1.29, 1.82) is 0 Å². The van der Waals surface area contributed by atoms with Crippen LogP contribution in [-0.2, 0) is 6.42 Å². The van der Waals surface area contributed by atoms with Crippen LogP contribution in [0.5, 0.6) is 0 Å². The Morgan fingerprint density at radius 3 is 1.90 bits per heavy atom. The van der Waals surface area contributed by atoms with Gasteiger partial charge < -0.3 is 0 Å². The molecule has 1 aliphatic rings. The van der Waals surface area contributed by atoms with Crippen molar-refractivity contribution in [3.05, 3.63) is 70.8 Å². The highest BCUT2D eigenvalue weighted by atomic mass is 15.2. The van der Waals surface area contributed by atoms with E-state index in [4.69, 9.17) is 0 Å². The molecule has 2 nitrogen and oxygen atoms in total. The largest absolute Gasteiger partial charge is 0.159 e. The summed E-state index contributed by atoms with van der Waals surface area (Å²) in [5.41, 5.74) is 5.11. The van der Waals surface area contributed by atoms with Gasteiger partial charge in [0.25, 0.3) is 0 Å². The maximum atomic E-state index is 4.24. The summed E-state index contributed by atoms with van der Waals surface area (Å²) >= 11 is 0. The monoisotopic (exact) mass is 402 g/mol. The van der Waals surface area contributed by atoms with Gasteiger partial charge in [0, 0.05) is 0 Å². The summed E-state index contributed by atoms with van der Waals surface area (Å²) < 4.78 is 0. The molecule has 0 amide bonds. The summed E-state index contributed by atoms with van der Waals surface area (Å²) in [6.45, 7) is 4.58. The second kappa shape index (κ2) is 12.5. The minimum absolute atomic E-state index is 0.742. The standard InChI is InChI=1S/C28H38N2/c1-3-5-6-7-8-24-9-11-25(12-10-24)21-29-30-22-26-15-19-28(20-16-26)27-17-13-23(4-2)14-18-27/h9-12,15-16,19-23,27H,3-8,13-14,17-18H2,1-2H3/t23-,27-. The summed E-state index contributed by atoms with van der Waals surface area (Å²) in [5, 5.41) is 8.46. The molecule has 1 aliphatic carbocycles. The van der Waals surface area contributed by atoms with Crippen LogP contribution in [0, 0.1) is 5.92 Å². The Kier molecular flexibility index (Phi) is 9.34. The van der Waals surface area contributed by atoms with Crippen molar-refractivity contribution >= 4 is 12.4 Å². The Balaban J connectivity index is 1.45. The predicted molar refractivity (Wildman–Crippen MR) is 131 cm³/mol. The first-order valence-electron chi connectivity index (χ1n) is 12.0. The lowest BCUT2D eigenvalue weighted by Gasteiger charge is -2.28. The first-order chi connectivity index (χ1) is 14.8. The van der Waals surface area contributed by atoms with E-state index in [0.717, 1.165) is 23.0 Å². The molecule has 2 aromatic rings. The number of aryl methyl sites for hydroxylation is 1. The van der Waals surface area contributed by atoms with Gasteiger partial charge in [-0.15, -0.1) is 0 Å². The second-order valence-corrected chi connectivity index (χ2v) is 8.83. The summed E-state index contributed by atoms with van der Waals surface area (Å²) in [4.78, 5) is 0. The molecule has 0 aliphatic heterocycles. The predicted octanol–water partition coefficient (Wildman–Crippen LogP) is 7.95. The number of rotatable bonds is 10. The van der Waals surface area contributed by atoms with Crippen LogP contribution in [-0.4, -0.2) is 12.4 Å². The molecule has 2 heteroatoms. The van der Waals surface area contributed by atoms with Crippen LogP contribution in [0.3, 0.4) is 0 Å². The Bertz CT molecular complexity index is 778. The van der Waals surface area contributed by atoms with E-state index in [-0.39, 0.29) is 0 Å². The quantitative estimate of drug-likeness (QED) is 0.219. The second-order valence-electron chi connectivity index (χ2n) is 8.83. The Morgan fingerprint density at radius 1 is 0.733 bits per heavy atom. The number of unbranched alkanes of at least 4 members (excludes halogenated alkanes) is 3. The van der Waals surface area contributed by atoms with Crippen LogP contribution in [0.2, 0.25) is 0 Å². The summed E-state index contributed by atoms with van der Waals surface area (Å²) in [5.74, 6) is 1.69. The molecule has 0 unspecified atom stereocenters. The molecule has 1 saturated carbocycles. The molecule has 160 valence electrons. The van der Waals surface area contributed by atoms with E-state index in [1.165, 1.54) is 75.3 Å². The van der Waals surface area contributed by atoms with Gasteiger partial charge in [-0.3, -0.25) is 0 Å². The number of hydrogen-bond donors (Lipinski definition) is 0. The van der Waals surface area contributed by atoms with Crippen molar-refractivity contribution in [3.8, 4) is 0 Å². The third kappa shape index (κ3) is 7.23. The molecule has 0 radical (unpaired) electrons. The molecule has 0 atom stereocenters. The van der Waals surface area contributed by atoms with Gasteiger partial charge in [0.1, 0.15) is 0 Å². The van der Waals surface area contributed by atoms with Crippen LogP contribution in [0.15, 0.2) is 58.7 Å². The molecular weight excluding hydrogens is 364 g/mol. The van der Waals surface area contributed by atoms with E-state index in [1.807, 2.05) is 12.4 Å².